The van der Waals surface area contributed by atoms with Gasteiger partial charge in [-0.15, -0.1) is 0 Å². The predicted molar refractivity (Wildman–Crippen MR) is 448 cm³/mol. The Bertz CT molecular complexity index is 4820. The van der Waals surface area contributed by atoms with Crippen molar-refractivity contribution in [3.63, 3.8) is 0 Å². The lowest BCUT2D eigenvalue weighted by molar-refractivity contribution is -0.463. The van der Waals surface area contributed by atoms with Gasteiger partial charge in [-0.2, -0.15) is 0 Å². The number of amidine groups is 1. The molecule has 0 aliphatic carbocycles. The van der Waals surface area contributed by atoms with Gasteiger partial charge in [0.05, 0.1) is 49.6 Å². The number of amides is 15. The van der Waals surface area contributed by atoms with Crippen LogP contribution in [-0.4, -0.2) is 333 Å². The number of hydroxylamine groups is 4. The number of carbonyl (C=O) groups is 17. The number of guanidine groups is 1. The Balaban J connectivity index is 0.927. The van der Waals surface area contributed by atoms with Crippen molar-refractivity contribution < 1.29 is 147 Å². The molecule has 15 amide bonds. The second-order valence-electron chi connectivity index (χ2n) is 30.7. The second-order valence-corrected chi connectivity index (χ2v) is 30.7. The van der Waals surface area contributed by atoms with Crippen molar-refractivity contribution in [2.75, 3.05) is 102 Å². The smallest absolute Gasteiger partial charge is 0.412 e. The van der Waals surface area contributed by atoms with Gasteiger partial charge in [0, 0.05) is 121 Å². The quantitative estimate of drug-likeness (QED) is 0.00366. The molecule has 0 spiro atoms. The minimum Gasteiger partial charge on any atom is -0.870 e. The van der Waals surface area contributed by atoms with E-state index < -0.39 is 249 Å². The van der Waals surface area contributed by atoms with E-state index in [1.807, 2.05) is 0 Å². The number of anilines is 2. The van der Waals surface area contributed by atoms with E-state index in [2.05, 4.69) is 74.1 Å². The Kier molecular flexibility index (Phi) is 40.3. The zero-order valence-electron chi connectivity index (χ0n) is 71.8. The molecule has 2 fully saturated rings. The number of carboxylic acids is 1. The number of ether oxygens (including phenoxy) is 2. The van der Waals surface area contributed by atoms with Crippen molar-refractivity contribution in [3.8, 4) is 11.5 Å². The van der Waals surface area contributed by atoms with E-state index in [1.54, 1.807) is 11.8 Å². The third kappa shape index (κ3) is 30.6. The molecule has 131 heavy (non-hydrogen) atoms. The molecule has 11 atom stereocenters. The predicted octanol–water partition coefficient (Wildman–Crippen LogP) is -10.1. The number of aromatic nitrogens is 1. The molecule has 0 unspecified atom stereocenters. The second kappa shape index (κ2) is 50.7. The van der Waals surface area contributed by atoms with Gasteiger partial charge < -0.3 is 134 Å². The molecule has 2 saturated heterocycles. The number of aryl methyl sites for hydroxylation is 1. The number of hydrogen-bond acceptors (Lipinski definition) is 31. The van der Waals surface area contributed by atoms with Gasteiger partial charge in [0.1, 0.15) is 76.8 Å². The number of phenols is 1. The van der Waals surface area contributed by atoms with Crippen molar-refractivity contribution >= 4 is 142 Å². The number of esters is 1. The third-order valence-electron chi connectivity index (χ3n) is 21.2. The van der Waals surface area contributed by atoms with Crippen LogP contribution in [0.2, 0.25) is 0 Å². The molecule has 1 aromatic heterocycles. The molecule has 0 saturated carbocycles. The number of halogens is 1. The lowest BCUT2D eigenvalue weighted by Gasteiger charge is -2.35. The number of piperazine rings is 1. The van der Waals surface area contributed by atoms with E-state index in [1.165, 1.54) is 39.6 Å². The molecule has 7 rings (SSSR count). The molecule has 2 aromatic carbocycles. The minimum atomic E-state index is -2.02. The summed E-state index contributed by atoms with van der Waals surface area (Å²) in [6.07, 6.45) is -5.25. The fraction of sp³-hybridized carbons (Fsp3) is 0.544. The fourth-order valence-electron chi connectivity index (χ4n) is 14.2. The van der Waals surface area contributed by atoms with Crippen molar-refractivity contribution in [1.82, 2.24) is 88.7 Å². The summed E-state index contributed by atoms with van der Waals surface area (Å²) in [4.78, 5) is 246. The van der Waals surface area contributed by atoms with E-state index in [-0.39, 0.29) is 186 Å². The number of rotatable bonds is 43. The van der Waals surface area contributed by atoms with Gasteiger partial charge in [0.25, 0.3) is 11.7 Å². The fourth-order valence-corrected chi connectivity index (χ4v) is 14.2. The zero-order valence-corrected chi connectivity index (χ0v) is 71.8. The van der Waals surface area contributed by atoms with Crippen LogP contribution in [0.25, 0.3) is 17.0 Å². The number of pyridine rings is 1. The lowest BCUT2D eigenvalue weighted by Crippen LogP contribution is -2.83. The summed E-state index contributed by atoms with van der Waals surface area (Å²) in [5, 5.41) is 135. The summed E-state index contributed by atoms with van der Waals surface area (Å²) in [6, 6.07) is -11.2. The molecule has 52 heteroatoms. The van der Waals surface area contributed by atoms with Gasteiger partial charge in [-0.1, -0.05) is 11.8 Å². The van der Waals surface area contributed by atoms with Crippen LogP contribution in [0, 0.1) is 11.2 Å². The van der Waals surface area contributed by atoms with Crippen LogP contribution < -0.4 is 100 Å². The Morgan fingerprint density at radius 3 is 1.90 bits per heavy atom. The summed E-state index contributed by atoms with van der Waals surface area (Å²) in [7, 11) is 0. The average molecular weight is 1850 g/mol. The number of benzene rings is 2. The first-order chi connectivity index (χ1) is 62.3. The number of fused-ring (bicyclic) bond motifs is 4. The van der Waals surface area contributed by atoms with E-state index >= 15 is 4.39 Å². The van der Waals surface area contributed by atoms with E-state index in [0.29, 0.717) is 5.52 Å². The number of aliphatic hydroxyl groups excluding tert-OH is 4. The number of phenolic OH excluding ortho intramolecular Hbond substituents is 1. The summed E-state index contributed by atoms with van der Waals surface area (Å²) in [5.74, 6) is -17.5. The van der Waals surface area contributed by atoms with Crippen LogP contribution in [-0.2, 0) is 87.9 Å². The number of nitrogens with one attached hydrogen (secondary N) is 15. The maximum Gasteiger partial charge on any atom is 0.412 e. The molecular formula is C79H111FN22O29. The summed E-state index contributed by atoms with van der Waals surface area (Å²) in [5.41, 5.74) is 4.61. The molecule has 4 aliphatic rings. The number of nitrogens with zero attached hydrogens (tertiary/aromatic N) is 6. The summed E-state index contributed by atoms with van der Waals surface area (Å²) in [6.45, 7) is 0.0981. The Morgan fingerprint density at radius 2 is 1.28 bits per heavy atom. The van der Waals surface area contributed by atoms with Crippen LogP contribution >= 0.6 is 0 Å². The molecule has 25 N–H and O–H groups in total. The maximum absolute atomic E-state index is 15.4. The highest BCUT2D eigenvalue weighted by molar-refractivity contribution is 6.17. The summed E-state index contributed by atoms with van der Waals surface area (Å²) < 4.78 is 27.0. The SMILES string of the molecule is CCn1cc(C(=O)O)c(=O)c2cc(F)c(N3CCN(C(=O)OCOC(=O)CCC(=O)NCCNC(=O)CCC(=O)NC4=Cc5cc([O-])c(O)cc5N5C4=[NH+]CC[C@H]5C(=O)N[C@H](CO)C(=O)N[C@@H](CCCNC(=N)N)C(=O)N[C@H](CO)C(=O)N[C@@H](CCCN(O)C=O)C(=O)N[C@H]4CCCCNC(=O)[C@H]([C@@H](C)O)NC(=O)[C@H]([C@@H](C)O)NC(=O)[C@H](CCCN(O)C=O)NC4=O)CC3)cc21. The van der Waals surface area contributed by atoms with Gasteiger partial charge in [-0.05, 0) is 96.8 Å². The zero-order chi connectivity index (χ0) is 96.5. The van der Waals surface area contributed by atoms with Crippen LogP contribution in [0.4, 0.5) is 20.6 Å². The van der Waals surface area contributed by atoms with Crippen LogP contribution in [0.1, 0.15) is 127 Å². The number of aromatic carboxylic acids is 1. The topological polar surface area (TPSA) is 752 Å². The largest absolute Gasteiger partial charge is 0.870 e. The van der Waals surface area contributed by atoms with E-state index in [9.17, 15) is 132 Å². The lowest BCUT2D eigenvalue weighted by atomic mass is 9.98. The van der Waals surface area contributed by atoms with Crippen molar-refractivity contribution in [3.05, 3.63) is 63.3 Å². The normalized spacial score (nSPS) is 18.5. The Labute approximate surface area is 745 Å². The van der Waals surface area contributed by atoms with Crippen molar-refractivity contribution in [2.24, 2.45) is 5.73 Å². The standard InChI is InChI=1S/C79H111FN22O29/c1-4-97-35-45(77(125)126)66(115)44-32-46(80)57(33-56(44)97)98-26-28-99(29-27-98)79(127)131-40-130-63(114)17-16-61(112)84-23-22-83-60(111)14-15-62(113)88-51-30-43-31-58(109)59(110)34-55(43)102-54(18-21-85-67(51)102)74(122)94-53(37-104)73(121)91-48(11-7-20-87-78(81)82)70(118)93-52(36-103)72(120)92-49(12-8-24-100(128)38-105)69(117)89-47-10-5-6-19-86-75(123)64(41(2)107)96-76(124)65(42(3)108)95-71(119)50(90-68(47)116)13-9-25-101(129)39-106/h30-35,38-39,41-42,47-50,52-54,64-65,103-104,107-110,128-129H,4-29,36-37,40H2,1-3H3,(H,83,111)(H,84,112)(H,86,123)(H,88,113)(H,89,117)(H,90,116)(H,91,121)(H,92,120)(H,93,118)(H,94,122)(H,95,119)(H,96,124)(H,125,126)(H4,81,82,87)/t41-,42-,47+,48+,49+,50+,52-,53-,54+,64+,65+/m1/s1. The molecule has 51 nitrogen and oxygen atoms in total. The maximum atomic E-state index is 15.4. The Morgan fingerprint density at radius 1 is 0.695 bits per heavy atom. The minimum absolute atomic E-state index is 0.00189. The highest BCUT2D eigenvalue weighted by Gasteiger charge is 2.46. The number of aliphatic hydroxyl groups is 4. The van der Waals surface area contributed by atoms with Crippen LogP contribution in [0.15, 0.2) is 41.0 Å². The molecule has 0 bridgehead atoms. The Hall–Kier alpha value is -14.0. The molecule has 718 valence electrons. The van der Waals surface area contributed by atoms with Gasteiger partial charge in [-0.25, -0.2) is 29.0 Å². The third-order valence-corrected chi connectivity index (χ3v) is 21.2. The first-order valence-electron chi connectivity index (χ1n) is 41.9. The molecule has 5 heterocycles. The van der Waals surface area contributed by atoms with Gasteiger partial charge in [-0.3, -0.25) is 97.5 Å². The van der Waals surface area contributed by atoms with Crippen LogP contribution in [0.3, 0.4) is 0 Å². The monoisotopic (exact) mass is 1850 g/mol. The first-order valence-corrected chi connectivity index (χ1v) is 41.9. The van der Waals surface area contributed by atoms with Gasteiger partial charge in [0.15, 0.2) is 12.0 Å². The molecular weight excluding hydrogens is 1740 g/mol. The van der Waals surface area contributed by atoms with Crippen LogP contribution in [0.5, 0.6) is 11.5 Å². The van der Waals surface area contributed by atoms with Gasteiger partial charge >= 0.3 is 18.0 Å². The molecule has 3 aromatic rings. The average Bonchev–Trinajstić information content (AvgIpc) is 0.743. The van der Waals surface area contributed by atoms with Crippen molar-refractivity contribution in [2.45, 2.75) is 184 Å². The number of carboxylic acid groups (broad SMARTS) is 1. The van der Waals surface area contributed by atoms with E-state index in [4.69, 9.17) is 20.6 Å². The number of aromatic hydroxyl groups is 1. The molecule has 4 aliphatic heterocycles. The van der Waals surface area contributed by atoms with Crippen molar-refractivity contribution in [1.29, 1.82) is 5.41 Å². The highest BCUT2D eigenvalue weighted by Crippen LogP contribution is 2.38. The number of hydrogen-bond donors (Lipinski definition) is 24. The first kappa shape index (κ1) is 104. The number of nitrogens with two attached hydrogens (primary N) is 1. The highest BCUT2D eigenvalue weighted by atomic mass is 19.1. The summed E-state index contributed by atoms with van der Waals surface area (Å²) >= 11 is 0. The van der Waals surface area contributed by atoms with E-state index in [0.717, 1.165) is 25.1 Å². The van der Waals surface area contributed by atoms with Gasteiger partial charge in [0.2, 0.25) is 90.0 Å². The molecule has 0 radical (unpaired) electrons. The number of carbonyl (C=O) groups excluding carboxylic acids is 16.